The van der Waals surface area contributed by atoms with Gasteiger partial charge < -0.3 is 14.4 Å². The lowest BCUT2D eigenvalue weighted by molar-refractivity contribution is 0.0611. The molecule has 2 heterocycles. The third kappa shape index (κ3) is 3.20. The zero-order chi connectivity index (χ0) is 17.1. The molecule has 0 aliphatic carbocycles. The highest BCUT2D eigenvalue weighted by Gasteiger charge is 2.36. The summed E-state index contributed by atoms with van der Waals surface area (Å²) in [5.74, 6) is -0.0173. The number of carbonyl (C=O) groups excluding carboxylic acids is 1. The first-order chi connectivity index (χ1) is 11.6. The summed E-state index contributed by atoms with van der Waals surface area (Å²) in [6.45, 7) is 2.96. The first kappa shape index (κ1) is 16.7. The Hall–Kier alpha value is -2.18. The molecule has 2 atom stereocenters. The molecule has 0 unspecified atom stereocenters. The van der Waals surface area contributed by atoms with E-state index in [0.29, 0.717) is 18.7 Å². The van der Waals surface area contributed by atoms with Gasteiger partial charge in [0.1, 0.15) is 0 Å². The molecule has 3 rings (SSSR count). The standard InChI is InChI=1S/C18H23N3O3/c1-13-17(11-21(19-13)14-7-5-4-6-8-14)18(22)20-10-16(24-3)9-15(20)12-23-2/h4-8,11,15-16H,9-10,12H2,1-3H3/t15-,16+/m0/s1. The van der Waals surface area contributed by atoms with E-state index in [9.17, 15) is 4.79 Å². The molecule has 0 saturated carbocycles. The summed E-state index contributed by atoms with van der Waals surface area (Å²) in [4.78, 5) is 14.9. The minimum Gasteiger partial charge on any atom is -0.383 e. The largest absolute Gasteiger partial charge is 0.383 e. The molecule has 1 aliphatic heterocycles. The summed E-state index contributed by atoms with van der Waals surface area (Å²) in [5, 5.41) is 4.49. The fraction of sp³-hybridized carbons (Fsp3) is 0.444. The third-order valence-corrected chi connectivity index (χ3v) is 4.48. The summed E-state index contributed by atoms with van der Waals surface area (Å²) >= 11 is 0. The van der Waals surface area contributed by atoms with E-state index in [1.54, 1.807) is 25.1 Å². The fourth-order valence-corrected chi connectivity index (χ4v) is 3.18. The average molecular weight is 329 g/mol. The summed E-state index contributed by atoms with van der Waals surface area (Å²) in [5.41, 5.74) is 2.28. The lowest BCUT2D eigenvalue weighted by Gasteiger charge is -2.23. The lowest BCUT2D eigenvalue weighted by Crippen LogP contribution is -2.38. The molecule has 0 bridgehead atoms. The van der Waals surface area contributed by atoms with Gasteiger partial charge >= 0.3 is 0 Å². The molecule has 2 aromatic rings. The minimum atomic E-state index is -0.0173. The fourth-order valence-electron chi connectivity index (χ4n) is 3.18. The summed E-state index contributed by atoms with van der Waals surface area (Å²) in [7, 11) is 3.34. The first-order valence-electron chi connectivity index (χ1n) is 8.08. The molecule has 0 N–H and O–H groups in total. The van der Waals surface area contributed by atoms with Crippen molar-refractivity contribution >= 4 is 5.91 Å². The van der Waals surface area contributed by atoms with Gasteiger partial charge in [-0.1, -0.05) is 18.2 Å². The van der Waals surface area contributed by atoms with Gasteiger partial charge in [-0.3, -0.25) is 4.79 Å². The molecule has 24 heavy (non-hydrogen) atoms. The van der Waals surface area contributed by atoms with E-state index in [-0.39, 0.29) is 18.1 Å². The average Bonchev–Trinajstić information content (AvgIpc) is 3.19. The highest BCUT2D eigenvalue weighted by molar-refractivity contribution is 5.95. The Kier molecular flexibility index (Phi) is 4.97. The quantitative estimate of drug-likeness (QED) is 0.842. The highest BCUT2D eigenvalue weighted by atomic mass is 16.5. The number of para-hydroxylation sites is 1. The van der Waals surface area contributed by atoms with E-state index < -0.39 is 0 Å². The maximum absolute atomic E-state index is 13.0. The molecular formula is C18H23N3O3. The SMILES string of the molecule is COC[C@@H]1C[C@@H](OC)CN1C(=O)c1cn(-c2ccccc2)nc1C. The minimum absolute atomic E-state index is 0.0173. The van der Waals surface area contributed by atoms with Gasteiger partial charge in [0.2, 0.25) is 0 Å². The van der Waals surface area contributed by atoms with Crippen LogP contribution in [-0.4, -0.2) is 60.1 Å². The molecule has 1 saturated heterocycles. The first-order valence-corrected chi connectivity index (χ1v) is 8.08. The summed E-state index contributed by atoms with van der Waals surface area (Å²) < 4.78 is 12.5. The van der Waals surface area contributed by atoms with Crippen LogP contribution >= 0.6 is 0 Å². The Morgan fingerprint density at radius 3 is 2.71 bits per heavy atom. The van der Waals surface area contributed by atoms with Crippen molar-refractivity contribution in [3.8, 4) is 5.69 Å². The van der Waals surface area contributed by atoms with Crippen molar-refractivity contribution in [3.63, 3.8) is 0 Å². The monoisotopic (exact) mass is 329 g/mol. The second-order valence-electron chi connectivity index (χ2n) is 6.07. The smallest absolute Gasteiger partial charge is 0.257 e. The normalized spacial score (nSPS) is 20.5. The van der Waals surface area contributed by atoms with E-state index >= 15 is 0 Å². The summed E-state index contributed by atoms with van der Waals surface area (Å²) in [6, 6.07) is 9.82. The van der Waals surface area contributed by atoms with Gasteiger partial charge in [0.25, 0.3) is 5.91 Å². The van der Waals surface area contributed by atoms with Gasteiger partial charge in [0.05, 0.1) is 35.7 Å². The van der Waals surface area contributed by atoms with Crippen LogP contribution in [0.2, 0.25) is 0 Å². The molecule has 1 amide bonds. The summed E-state index contributed by atoms with van der Waals surface area (Å²) in [6.07, 6.45) is 2.65. The van der Waals surface area contributed by atoms with Crippen LogP contribution in [0.5, 0.6) is 0 Å². The van der Waals surface area contributed by atoms with E-state index in [4.69, 9.17) is 9.47 Å². The Morgan fingerprint density at radius 1 is 1.29 bits per heavy atom. The van der Waals surface area contributed by atoms with Crippen molar-refractivity contribution in [3.05, 3.63) is 47.8 Å². The maximum atomic E-state index is 13.0. The lowest BCUT2D eigenvalue weighted by atomic mass is 10.2. The molecule has 0 spiro atoms. The molecule has 6 nitrogen and oxygen atoms in total. The van der Waals surface area contributed by atoms with Gasteiger partial charge in [-0.25, -0.2) is 4.68 Å². The molecular weight excluding hydrogens is 306 g/mol. The van der Waals surface area contributed by atoms with Crippen molar-refractivity contribution in [1.82, 2.24) is 14.7 Å². The number of rotatable bonds is 5. The van der Waals surface area contributed by atoms with E-state index in [0.717, 1.165) is 17.8 Å². The molecule has 6 heteroatoms. The van der Waals surface area contributed by atoms with Crippen molar-refractivity contribution in [2.45, 2.75) is 25.5 Å². The Labute approximate surface area is 142 Å². The molecule has 1 aromatic heterocycles. The van der Waals surface area contributed by atoms with Crippen LogP contribution in [-0.2, 0) is 9.47 Å². The Morgan fingerprint density at radius 2 is 2.04 bits per heavy atom. The molecule has 128 valence electrons. The molecule has 1 aliphatic rings. The van der Waals surface area contributed by atoms with Crippen LogP contribution in [0.15, 0.2) is 36.5 Å². The topological polar surface area (TPSA) is 56.6 Å². The van der Waals surface area contributed by atoms with Crippen molar-refractivity contribution in [2.24, 2.45) is 0 Å². The van der Waals surface area contributed by atoms with Crippen molar-refractivity contribution < 1.29 is 14.3 Å². The zero-order valence-electron chi connectivity index (χ0n) is 14.3. The number of hydrogen-bond donors (Lipinski definition) is 0. The van der Waals surface area contributed by atoms with Crippen LogP contribution in [0.25, 0.3) is 5.69 Å². The van der Waals surface area contributed by atoms with E-state index in [2.05, 4.69) is 5.10 Å². The number of likely N-dealkylation sites (tertiary alicyclic amines) is 1. The van der Waals surface area contributed by atoms with Crippen LogP contribution in [0, 0.1) is 6.92 Å². The Balaban J connectivity index is 1.86. The van der Waals surface area contributed by atoms with E-state index in [1.807, 2.05) is 42.2 Å². The van der Waals surface area contributed by atoms with Gasteiger partial charge in [0, 0.05) is 27.0 Å². The van der Waals surface area contributed by atoms with Crippen molar-refractivity contribution in [2.75, 3.05) is 27.4 Å². The van der Waals surface area contributed by atoms with Gasteiger partial charge in [-0.2, -0.15) is 5.10 Å². The number of hydrogen-bond acceptors (Lipinski definition) is 4. The Bertz CT molecular complexity index is 699. The van der Waals surface area contributed by atoms with E-state index in [1.165, 1.54) is 0 Å². The van der Waals surface area contributed by atoms with Gasteiger partial charge in [-0.05, 0) is 25.5 Å². The van der Waals surface area contributed by atoms with Crippen LogP contribution in [0.3, 0.4) is 0 Å². The van der Waals surface area contributed by atoms with Gasteiger partial charge in [-0.15, -0.1) is 0 Å². The van der Waals surface area contributed by atoms with Crippen LogP contribution in [0.4, 0.5) is 0 Å². The number of nitrogens with zero attached hydrogens (tertiary/aromatic N) is 3. The second kappa shape index (κ2) is 7.15. The molecule has 1 aromatic carbocycles. The number of methoxy groups -OCH3 is 2. The van der Waals surface area contributed by atoms with Crippen molar-refractivity contribution in [1.29, 1.82) is 0 Å². The predicted octanol–water partition coefficient (Wildman–Crippen LogP) is 2.06. The maximum Gasteiger partial charge on any atom is 0.257 e. The molecule has 1 fully saturated rings. The third-order valence-electron chi connectivity index (χ3n) is 4.48. The number of amides is 1. The number of benzene rings is 1. The molecule has 0 radical (unpaired) electrons. The number of carbonyl (C=O) groups is 1. The van der Waals surface area contributed by atoms with Crippen LogP contribution < -0.4 is 0 Å². The highest BCUT2D eigenvalue weighted by Crippen LogP contribution is 2.24. The zero-order valence-corrected chi connectivity index (χ0v) is 14.3. The number of aromatic nitrogens is 2. The number of ether oxygens (including phenoxy) is 2. The predicted molar refractivity (Wildman–Crippen MR) is 90.4 cm³/mol. The second-order valence-corrected chi connectivity index (χ2v) is 6.07. The number of aryl methyl sites for hydroxylation is 1. The van der Waals surface area contributed by atoms with Crippen LogP contribution in [0.1, 0.15) is 22.5 Å². The van der Waals surface area contributed by atoms with Gasteiger partial charge in [0.15, 0.2) is 0 Å².